The van der Waals surface area contributed by atoms with Crippen molar-refractivity contribution >= 4 is 0 Å². The molecule has 0 amide bonds. The van der Waals surface area contributed by atoms with Gasteiger partial charge in [0.1, 0.15) is 195 Å². The fourth-order valence-electron chi connectivity index (χ4n) is 27.2. The van der Waals surface area contributed by atoms with Gasteiger partial charge in [-0.25, -0.2) is 91.3 Å². The van der Waals surface area contributed by atoms with Crippen molar-refractivity contribution in [3.05, 3.63) is 187 Å². The van der Waals surface area contributed by atoms with Crippen LogP contribution in [0, 0.1) is 35.5 Å². The first-order valence-electron chi connectivity index (χ1n) is 62.5. The average molecular weight is 2040 g/mol. The molecule has 12 aliphatic rings. The minimum atomic E-state index is 0.177. The molecule has 0 aromatic carbocycles. The molecule has 10 heterocycles. The highest BCUT2D eigenvalue weighted by Gasteiger charge is 2.46. The lowest BCUT2D eigenvalue weighted by Crippen LogP contribution is -2.48. The lowest BCUT2D eigenvalue weighted by Gasteiger charge is -2.20. The molecule has 12 fully saturated rings. The number of aryl methyl sites for hydroxylation is 4. The zero-order chi connectivity index (χ0) is 105. The van der Waals surface area contributed by atoms with Gasteiger partial charge in [0, 0.05) is 0 Å². The molecule has 0 aliphatic heterocycles. The van der Waals surface area contributed by atoms with E-state index < -0.39 is 0 Å². The summed E-state index contributed by atoms with van der Waals surface area (Å²) in [7, 11) is 4.00. The molecule has 0 radical (unpaired) electrons. The predicted molar refractivity (Wildman–Crippen MR) is 603 cm³/mol. The smallest absolute Gasteiger partial charge is 0.240 e. The summed E-state index contributed by atoms with van der Waals surface area (Å²) in [5, 5.41) is 0. The van der Waals surface area contributed by atoms with E-state index in [9.17, 15) is 0 Å². The molecule has 148 heavy (non-hydrogen) atoms. The summed E-state index contributed by atoms with van der Waals surface area (Å²) in [6.45, 7) is 39.9. The van der Waals surface area contributed by atoms with Gasteiger partial charge < -0.3 is 0 Å². The number of hydrogen-bond donors (Lipinski definition) is 0. The molecular formula is C128H222N20+10. The van der Waals surface area contributed by atoms with E-state index in [4.69, 9.17) is 0 Å². The van der Waals surface area contributed by atoms with Gasteiger partial charge >= 0.3 is 0 Å². The Balaban J connectivity index is 0.000000139. The monoisotopic (exact) mass is 2040 g/mol. The molecule has 824 valence electrons. The maximum atomic E-state index is 2.57. The maximum absolute atomic E-state index is 2.57. The van der Waals surface area contributed by atoms with Crippen LogP contribution in [-0.4, -0.2) is 45.7 Å². The Hall–Kier alpha value is -7.90. The number of nitrogens with zero attached hydrogens (tertiary/aromatic N) is 20. The Morgan fingerprint density at radius 2 is 0.696 bits per heavy atom. The molecule has 20 nitrogen and oxygen atoms in total. The third-order valence-corrected chi connectivity index (χ3v) is 36.4. The minimum Gasteiger partial charge on any atom is -0.240 e. The summed E-state index contributed by atoms with van der Waals surface area (Å²) in [4.78, 5) is 0. The van der Waals surface area contributed by atoms with Gasteiger partial charge in [-0.2, -0.15) is 0 Å². The third kappa shape index (κ3) is 37.2. The van der Waals surface area contributed by atoms with Crippen LogP contribution in [0.25, 0.3) is 0 Å². The molecule has 4 bridgehead atoms. The highest BCUT2D eigenvalue weighted by molar-refractivity contribution is 4.96. The standard InChI is InChI=1S/C19H33N2.C17H25N2.C17H29N2.C15H25N2.C13H21N2.C13H25N2.2C11H21N2.C7H13N2.C5H9N2/c1-3-7-11-18(12-8-4-1)20-15-16-21(17-20)19-13-9-5-2-6-10-14-19;1-3-14-7-12(1)9-16(14)18-5-6-19(11-18)17-10-13-2-4-15(17)8-13;1-2-6-10-16(9-5-1)18-13-14-19(15-18)17-11-7-3-4-8-12-17;1-3-7-14(8-4-1)16-11-12-17(13-16)15-9-5-2-6-10-15;1-2-6-12(5-1)14-9-10-15(11-14)13-7-3-4-8-13;1-5-12(6-2)14-9-10-15(11-14)13(7-3)8-4;1-10(2,3)12-7-8-13(9-12)11(4,5)6;1-10(2)7-12-5-6-13(9-12)8-11(3)4;1-3-8-5-6-9(4-2)7-8;1-6-3-4-7(2)5-6/h15-19H,1-14H2;5-6,11-17H,1-4,7-10H2;13-17H,1-12H2;11-15H,1-10H2;9-13H,1-8H2;9-13H,5-8H2,1-4H3;7-9H,1-6H3;5-6,9-11H,7-8H2,1-4H3;5-7H,3-4H2,1-2H3;3-5H,1-2H3/q10*+1. The molecule has 0 saturated heterocycles. The van der Waals surface area contributed by atoms with Crippen molar-refractivity contribution in [2.75, 3.05) is 0 Å². The van der Waals surface area contributed by atoms with Crippen molar-refractivity contribution in [1.82, 2.24) is 45.7 Å². The van der Waals surface area contributed by atoms with Crippen LogP contribution >= 0.6 is 0 Å². The highest BCUT2D eigenvalue weighted by atomic mass is 15.2. The Morgan fingerprint density at radius 1 is 0.311 bits per heavy atom. The second-order valence-corrected chi connectivity index (χ2v) is 51.0. The van der Waals surface area contributed by atoms with Crippen molar-refractivity contribution in [2.45, 2.75) is 580 Å². The first-order valence-corrected chi connectivity index (χ1v) is 62.5. The second-order valence-electron chi connectivity index (χ2n) is 51.0. The fraction of sp³-hybridized carbons (Fsp3) is 0.766. The summed E-state index contributed by atoms with van der Waals surface area (Å²) in [5.41, 5.74) is 0.354. The molecule has 10 aromatic heterocycles. The van der Waals surface area contributed by atoms with Crippen LogP contribution in [0.3, 0.4) is 0 Å². The molecule has 6 unspecified atom stereocenters. The van der Waals surface area contributed by atoms with E-state index in [0.29, 0.717) is 12.1 Å². The van der Waals surface area contributed by atoms with Gasteiger partial charge in [0.2, 0.25) is 63.3 Å². The predicted octanol–water partition coefficient (Wildman–Crippen LogP) is 28.7. The molecule has 22 rings (SSSR count). The van der Waals surface area contributed by atoms with Gasteiger partial charge in [-0.1, -0.05) is 132 Å². The van der Waals surface area contributed by atoms with Crippen LogP contribution < -0.4 is 45.7 Å². The molecule has 0 N–H and O–H groups in total. The number of imidazole rings is 10. The maximum Gasteiger partial charge on any atom is 0.244 e. The molecule has 12 aliphatic carbocycles. The number of aromatic nitrogens is 20. The topological polar surface area (TPSA) is 88.1 Å². The quantitative estimate of drug-likeness (QED) is 0.0478. The molecule has 6 atom stereocenters. The Kier molecular flexibility index (Phi) is 48.5. The lowest BCUT2D eigenvalue weighted by atomic mass is 9.95. The summed E-state index contributed by atoms with van der Waals surface area (Å²) < 4.78 is 47.1. The van der Waals surface area contributed by atoms with E-state index >= 15 is 0 Å². The van der Waals surface area contributed by atoms with Gasteiger partial charge in [0.15, 0.2) is 0 Å². The number of hydrogen-bond acceptors (Lipinski definition) is 0. The lowest BCUT2D eigenvalue weighted by molar-refractivity contribution is -0.753. The van der Waals surface area contributed by atoms with Crippen LogP contribution in [-0.2, 0) is 51.4 Å². The SMILES string of the molecule is CC(C)(C)n1cc[n+](C(C)(C)C)c1.CC(C)Cn1cc[n+](CC(C)C)c1.CCC(CC)n1cc[n+](C(CC)CC)c1.CCn1cc[n+](CC)c1.Cn1cc[n+](C)c1.c1c[n+](C2CC3CCC2C3)cn1C1CC2CCC1C2.c1c[n+](C2CCCC2)cn1C1CCCC1.c1c[n+](C2CCCCC2)cn1C1CCCCC1.c1c[n+](C2CCCCCC2)cn1C1CCCCCC1.c1c[n+](C2CCCCCCC2)cn1C1CCCCCCC1. The van der Waals surface area contributed by atoms with Crippen molar-refractivity contribution in [1.29, 1.82) is 0 Å². The van der Waals surface area contributed by atoms with E-state index in [1.165, 1.54) is 360 Å². The second kappa shape index (κ2) is 61.3. The Bertz CT molecular complexity index is 4800. The van der Waals surface area contributed by atoms with Gasteiger partial charge in [-0.3, -0.25) is 0 Å². The molecule has 12 saturated carbocycles. The van der Waals surface area contributed by atoms with E-state index in [-0.39, 0.29) is 11.1 Å². The highest BCUT2D eigenvalue weighted by Crippen LogP contribution is 2.52. The fourth-order valence-corrected chi connectivity index (χ4v) is 27.2. The van der Waals surface area contributed by atoms with Gasteiger partial charge in [0.25, 0.3) is 0 Å². The zero-order valence-electron chi connectivity index (χ0n) is 98.1. The van der Waals surface area contributed by atoms with Crippen LogP contribution in [0.4, 0.5) is 0 Å². The van der Waals surface area contributed by atoms with Crippen LogP contribution in [0.15, 0.2) is 187 Å². The Morgan fingerprint density at radius 3 is 1.03 bits per heavy atom. The van der Waals surface area contributed by atoms with Crippen molar-refractivity contribution in [3.63, 3.8) is 0 Å². The van der Waals surface area contributed by atoms with Crippen molar-refractivity contribution in [3.8, 4) is 0 Å². The molecular weight excluding hydrogens is 1820 g/mol. The molecule has 10 aromatic rings. The normalized spacial score (nSPS) is 22.2. The van der Waals surface area contributed by atoms with E-state index in [1.807, 2.05) is 42.0 Å². The average Bonchev–Trinajstić information content (AvgIpc) is 1.62. The number of fused-ring (bicyclic) bond motifs is 4. The third-order valence-electron chi connectivity index (χ3n) is 36.4. The van der Waals surface area contributed by atoms with Crippen molar-refractivity contribution < 1.29 is 45.7 Å². The van der Waals surface area contributed by atoms with Gasteiger partial charge in [-0.05, 0) is 373 Å². The van der Waals surface area contributed by atoms with Crippen molar-refractivity contribution in [2.24, 2.45) is 49.6 Å². The molecule has 20 heteroatoms. The number of rotatable bonds is 22. The summed E-state index contributed by atoms with van der Waals surface area (Å²) in [6, 6.07) is 9.24. The van der Waals surface area contributed by atoms with Gasteiger partial charge in [-0.15, -0.1) is 0 Å². The zero-order valence-corrected chi connectivity index (χ0v) is 98.1. The molecule has 0 spiro atoms. The van der Waals surface area contributed by atoms with E-state index in [0.717, 1.165) is 122 Å². The summed E-state index contributed by atoms with van der Waals surface area (Å²) >= 11 is 0. The van der Waals surface area contributed by atoms with Gasteiger partial charge in [0.05, 0.1) is 52.4 Å². The summed E-state index contributed by atoms with van der Waals surface area (Å²) in [6.07, 6.45) is 146. The van der Waals surface area contributed by atoms with Crippen LogP contribution in [0.2, 0.25) is 0 Å². The first kappa shape index (κ1) is 117. The van der Waals surface area contributed by atoms with Crippen LogP contribution in [0.5, 0.6) is 0 Å². The Labute approximate surface area is 902 Å². The largest absolute Gasteiger partial charge is 0.244 e. The first-order chi connectivity index (χ1) is 71.8. The van der Waals surface area contributed by atoms with Crippen LogP contribution in [0.1, 0.15) is 543 Å². The minimum absolute atomic E-state index is 0.177. The van der Waals surface area contributed by atoms with E-state index in [2.05, 4.69) is 361 Å². The summed E-state index contributed by atoms with van der Waals surface area (Å²) in [5.74, 6) is 5.53. The van der Waals surface area contributed by atoms with E-state index in [1.54, 1.807) is 0 Å².